The first-order valence-electron chi connectivity index (χ1n) is 9.70. The van der Waals surface area contributed by atoms with Crippen molar-refractivity contribution < 1.29 is 26.4 Å². The first kappa shape index (κ1) is 21.8. The third-order valence-electron chi connectivity index (χ3n) is 6.02. The number of nitrogens with one attached hydrogen (secondary N) is 1. The van der Waals surface area contributed by atoms with Crippen molar-refractivity contribution in [2.75, 3.05) is 5.32 Å². The molecule has 0 bridgehead atoms. The molecule has 2 aliphatic carbocycles. The number of amides is 1. The predicted molar refractivity (Wildman–Crippen MR) is 105 cm³/mol. The van der Waals surface area contributed by atoms with E-state index in [1.807, 2.05) is 0 Å². The molecular formula is C19H22F3N5O3S. The van der Waals surface area contributed by atoms with E-state index in [0.29, 0.717) is 26.2 Å². The molecule has 8 nitrogen and oxygen atoms in total. The molecule has 1 amide bonds. The first-order chi connectivity index (χ1) is 14.3. The highest BCUT2D eigenvalue weighted by molar-refractivity contribution is 7.89. The third kappa shape index (κ3) is 4.05. The van der Waals surface area contributed by atoms with E-state index >= 15 is 0 Å². The number of hydrogen-bond donors (Lipinski definition) is 2. The number of nitrogens with zero attached hydrogens (tertiary/aromatic N) is 3. The van der Waals surface area contributed by atoms with Crippen LogP contribution in [0.3, 0.4) is 0 Å². The Balaban J connectivity index is 1.61. The van der Waals surface area contributed by atoms with Crippen molar-refractivity contribution in [1.82, 2.24) is 14.8 Å². The second-order valence-corrected chi connectivity index (χ2v) is 10.1. The Kier molecular flexibility index (Phi) is 4.93. The van der Waals surface area contributed by atoms with Gasteiger partial charge in [0.05, 0.1) is 0 Å². The fourth-order valence-corrected chi connectivity index (χ4v) is 4.90. The number of carbonyl (C=O) groups is 1. The Morgan fingerprint density at radius 1 is 1.39 bits per heavy atom. The van der Waals surface area contributed by atoms with E-state index in [1.54, 1.807) is 0 Å². The van der Waals surface area contributed by atoms with Crippen LogP contribution >= 0.6 is 0 Å². The summed E-state index contributed by atoms with van der Waals surface area (Å²) in [6, 6.07) is 2.42. The fourth-order valence-electron chi connectivity index (χ4n) is 4.41. The van der Waals surface area contributed by atoms with E-state index in [4.69, 9.17) is 5.14 Å². The fraction of sp³-hybridized carbons (Fsp3) is 0.526. The minimum Gasteiger partial charge on any atom is -0.321 e. The van der Waals surface area contributed by atoms with Gasteiger partial charge in [0.15, 0.2) is 5.03 Å². The molecule has 0 aromatic carbocycles. The summed E-state index contributed by atoms with van der Waals surface area (Å²) in [6.07, 6.45) is 2.15. The molecule has 3 N–H and O–H groups in total. The average Bonchev–Trinajstić information content (AvgIpc) is 3.15. The van der Waals surface area contributed by atoms with Crippen LogP contribution in [-0.2, 0) is 22.5 Å². The number of primary sulfonamides is 1. The maximum absolute atomic E-state index is 14.1. The minimum absolute atomic E-state index is 0.0227. The third-order valence-corrected chi connectivity index (χ3v) is 6.82. The molecule has 2 aliphatic rings. The van der Waals surface area contributed by atoms with Gasteiger partial charge in [0, 0.05) is 42.4 Å². The van der Waals surface area contributed by atoms with Crippen LogP contribution in [0.4, 0.5) is 18.9 Å². The van der Waals surface area contributed by atoms with Crippen LogP contribution < -0.4 is 10.5 Å². The van der Waals surface area contributed by atoms with Crippen molar-refractivity contribution in [3.8, 4) is 0 Å². The highest BCUT2D eigenvalue weighted by atomic mass is 32.2. The molecule has 1 atom stereocenters. The largest absolute Gasteiger partial charge is 0.321 e. The first-order valence-corrected chi connectivity index (χ1v) is 11.2. The lowest BCUT2D eigenvalue weighted by molar-refractivity contribution is 0.0110. The molecule has 0 aliphatic heterocycles. The molecule has 2 aromatic rings. The van der Waals surface area contributed by atoms with E-state index in [0.717, 1.165) is 12.3 Å². The number of carbonyl (C=O) groups excluding carboxylic acids is 1. The van der Waals surface area contributed by atoms with Crippen LogP contribution in [0.5, 0.6) is 0 Å². The summed E-state index contributed by atoms with van der Waals surface area (Å²) in [5, 5.41) is 11.1. The monoisotopic (exact) mass is 457 g/mol. The van der Waals surface area contributed by atoms with Gasteiger partial charge in [0.2, 0.25) is 0 Å². The minimum atomic E-state index is -4.09. The van der Waals surface area contributed by atoms with Crippen molar-refractivity contribution in [2.45, 2.75) is 56.8 Å². The molecule has 168 valence electrons. The number of anilines is 1. The van der Waals surface area contributed by atoms with Crippen LogP contribution in [0.15, 0.2) is 23.4 Å². The van der Waals surface area contributed by atoms with E-state index in [1.165, 1.54) is 17.7 Å². The molecule has 2 heterocycles. The zero-order chi connectivity index (χ0) is 22.8. The Morgan fingerprint density at radius 3 is 2.58 bits per heavy atom. The number of rotatable bonds is 6. The Morgan fingerprint density at radius 2 is 2.03 bits per heavy atom. The summed E-state index contributed by atoms with van der Waals surface area (Å²) in [5.41, 5.74) is -0.731. The van der Waals surface area contributed by atoms with Gasteiger partial charge in [0.1, 0.15) is 17.6 Å². The van der Waals surface area contributed by atoms with Gasteiger partial charge in [-0.1, -0.05) is 0 Å². The van der Waals surface area contributed by atoms with Crippen LogP contribution in [0.25, 0.3) is 0 Å². The van der Waals surface area contributed by atoms with Crippen molar-refractivity contribution in [2.24, 2.45) is 16.5 Å². The van der Waals surface area contributed by atoms with E-state index < -0.39 is 38.7 Å². The zero-order valence-corrected chi connectivity index (χ0v) is 17.7. The topological polar surface area (TPSA) is 120 Å². The molecule has 1 unspecified atom stereocenters. The lowest BCUT2D eigenvalue weighted by Gasteiger charge is -2.35. The van der Waals surface area contributed by atoms with Gasteiger partial charge in [-0.15, -0.1) is 0 Å². The van der Waals surface area contributed by atoms with Gasteiger partial charge in [-0.3, -0.25) is 9.48 Å². The van der Waals surface area contributed by atoms with Crippen molar-refractivity contribution in [1.29, 1.82) is 0 Å². The van der Waals surface area contributed by atoms with Gasteiger partial charge in [-0.2, -0.15) is 13.9 Å². The maximum Gasteiger partial charge on any atom is 0.289 e. The quantitative estimate of drug-likeness (QED) is 0.691. The van der Waals surface area contributed by atoms with Crippen LogP contribution in [-0.4, -0.2) is 35.3 Å². The van der Waals surface area contributed by atoms with Gasteiger partial charge in [-0.05, 0) is 38.2 Å². The van der Waals surface area contributed by atoms with E-state index in [9.17, 15) is 26.4 Å². The molecule has 1 spiro atoms. The number of halogens is 3. The lowest BCUT2D eigenvalue weighted by atomic mass is 9.71. The number of nitrogens with two attached hydrogens (primary N) is 1. The molecular weight excluding hydrogens is 435 g/mol. The number of hydrogen-bond acceptors (Lipinski definition) is 5. The van der Waals surface area contributed by atoms with Crippen molar-refractivity contribution in [3.63, 3.8) is 0 Å². The summed E-state index contributed by atoms with van der Waals surface area (Å²) in [4.78, 5) is 16.6. The second kappa shape index (κ2) is 7.02. The number of pyridine rings is 1. The van der Waals surface area contributed by atoms with Crippen LogP contribution in [0.2, 0.25) is 0 Å². The van der Waals surface area contributed by atoms with Gasteiger partial charge in [-0.25, -0.2) is 22.9 Å². The molecule has 0 saturated heterocycles. The SMILES string of the molecule is Cc1c(C(C)(F)F)nn(CC2CC3(C2)CC3F)c1C(=O)Nc1ccnc(S(N)(=O)=O)c1. The molecule has 2 saturated carbocycles. The lowest BCUT2D eigenvalue weighted by Crippen LogP contribution is -2.32. The summed E-state index contributed by atoms with van der Waals surface area (Å²) in [7, 11) is -4.09. The van der Waals surface area contributed by atoms with Gasteiger partial charge in [0.25, 0.3) is 21.9 Å². The summed E-state index contributed by atoms with van der Waals surface area (Å²) < 4.78 is 65.8. The molecule has 31 heavy (non-hydrogen) atoms. The summed E-state index contributed by atoms with van der Waals surface area (Å²) in [6.45, 7) is 2.30. The van der Waals surface area contributed by atoms with E-state index in [-0.39, 0.29) is 34.8 Å². The smallest absolute Gasteiger partial charge is 0.289 e. The average molecular weight is 457 g/mol. The summed E-state index contributed by atoms with van der Waals surface area (Å²) in [5.74, 6) is -3.95. The maximum atomic E-state index is 14.1. The Bertz CT molecular complexity index is 1150. The van der Waals surface area contributed by atoms with Crippen molar-refractivity contribution in [3.05, 3.63) is 35.3 Å². The second-order valence-electron chi connectivity index (χ2n) is 8.58. The molecule has 0 radical (unpaired) electrons. The molecule has 12 heteroatoms. The normalized spacial score (nSPS) is 25.4. The van der Waals surface area contributed by atoms with Crippen LogP contribution in [0, 0.1) is 18.3 Å². The van der Waals surface area contributed by atoms with Crippen LogP contribution in [0.1, 0.15) is 47.9 Å². The predicted octanol–water partition coefficient (Wildman–Crippen LogP) is 2.74. The molecule has 2 aromatic heterocycles. The number of alkyl halides is 3. The van der Waals surface area contributed by atoms with Crippen molar-refractivity contribution >= 4 is 21.6 Å². The Labute approximate surface area is 177 Å². The van der Waals surface area contributed by atoms with Gasteiger partial charge < -0.3 is 5.32 Å². The van der Waals surface area contributed by atoms with Gasteiger partial charge >= 0.3 is 0 Å². The Hall–Kier alpha value is -2.47. The van der Waals surface area contributed by atoms with E-state index in [2.05, 4.69) is 15.4 Å². The highest BCUT2D eigenvalue weighted by Crippen LogP contribution is 2.65. The number of sulfonamides is 1. The molecule has 2 fully saturated rings. The standard InChI is InChI=1S/C19H22F3N5O3S/c1-10-15(17(28)25-12-3-4-24-14(5-12)31(23,29)30)27(26-16(10)18(2,21)22)9-11-6-19(7-11)8-13(19)20/h3-5,11,13H,6-9H2,1-2H3,(H2,23,29,30)(H,24,25,28). The number of aromatic nitrogens is 3. The molecule has 4 rings (SSSR count). The summed E-state index contributed by atoms with van der Waals surface area (Å²) >= 11 is 0. The zero-order valence-electron chi connectivity index (χ0n) is 16.9. The highest BCUT2D eigenvalue weighted by Gasteiger charge is 2.62.